The van der Waals surface area contributed by atoms with Crippen molar-refractivity contribution in [3.8, 4) is 0 Å². The molecule has 0 aromatic heterocycles. The van der Waals surface area contributed by atoms with Gasteiger partial charge in [-0.1, -0.05) is 30.3 Å². The quantitative estimate of drug-likeness (QED) is 0.501. The van der Waals surface area contributed by atoms with Crippen molar-refractivity contribution >= 4 is 18.3 Å². The predicted molar refractivity (Wildman–Crippen MR) is 109 cm³/mol. The number of hydrogen-bond donors (Lipinski definition) is 0. The van der Waals surface area contributed by atoms with Gasteiger partial charge in [0.25, 0.3) is 0 Å². The average molecular weight is 421 g/mol. The number of amides is 2. The van der Waals surface area contributed by atoms with Gasteiger partial charge in [0.05, 0.1) is 0 Å². The molecule has 1 fully saturated rings. The number of ether oxygens (including phenoxy) is 4. The van der Waals surface area contributed by atoms with E-state index < -0.39 is 40.7 Å². The second kappa shape index (κ2) is 7.81. The van der Waals surface area contributed by atoms with Gasteiger partial charge in [-0.2, -0.15) is 4.90 Å². The van der Waals surface area contributed by atoms with E-state index in [0.29, 0.717) is 5.56 Å². The van der Waals surface area contributed by atoms with Crippen LogP contribution in [0.1, 0.15) is 61.0 Å². The second-order valence-electron chi connectivity index (χ2n) is 9.61. The lowest BCUT2D eigenvalue weighted by atomic mass is 9.77. The lowest BCUT2D eigenvalue weighted by Gasteiger charge is -2.40. The molecule has 0 bridgehead atoms. The summed E-state index contributed by atoms with van der Waals surface area (Å²) in [5.41, 5.74) is -3.65. The zero-order chi connectivity index (χ0) is 23.0. The van der Waals surface area contributed by atoms with Gasteiger partial charge in [-0.15, -0.1) is 0 Å². The highest BCUT2D eigenvalue weighted by Crippen LogP contribution is 2.47. The molecule has 0 N–H and O–H groups in total. The van der Waals surface area contributed by atoms with E-state index in [1.807, 2.05) is 6.07 Å². The molecule has 8 nitrogen and oxygen atoms in total. The summed E-state index contributed by atoms with van der Waals surface area (Å²) in [6.45, 7) is 13.1. The van der Waals surface area contributed by atoms with Crippen LogP contribution in [0.25, 0.3) is 0 Å². The summed E-state index contributed by atoms with van der Waals surface area (Å²) in [7, 11) is 0. The minimum atomic E-state index is -1.40. The second-order valence-corrected chi connectivity index (χ2v) is 9.61. The van der Waals surface area contributed by atoms with Crippen molar-refractivity contribution in [1.82, 2.24) is 4.90 Å². The molecule has 0 radical (unpaired) electrons. The van der Waals surface area contributed by atoms with E-state index in [4.69, 9.17) is 18.9 Å². The molecule has 2 rings (SSSR count). The zero-order valence-electron chi connectivity index (χ0n) is 18.9. The number of carbonyl (C=O) groups excluding carboxylic acids is 3. The van der Waals surface area contributed by atoms with Gasteiger partial charge in [0.15, 0.2) is 5.60 Å². The molecule has 0 spiro atoms. The standard InChI is InChI=1S/C22H31NO7/c1-19(2,3)28-16(24)23-17(25)29-22(8,15-12-10-9-11-13-15)21(23,7)14-27-18(26)30-20(4,5)6/h9-13H,14H2,1-8H3/t21-,22+/m0/s1. The molecular weight excluding hydrogens is 390 g/mol. The number of benzene rings is 1. The van der Waals surface area contributed by atoms with Crippen LogP contribution in [-0.4, -0.2) is 46.6 Å². The topological polar surface area (TPSA) is 91.4 Å². The van der Waals surface area contributed by atoms with E-state index in [2.05, 4.69) is 0 Å². The van der Waals surface area contributed by atoms with Crippen LogP contribution in [0.4, 0.5) is 14.4 Å². The summed E-state index contributed by atoms with van der Waals surface area (Å²) in [6, 6.07) is 8.96. The molecule has 0 saturated carbocycles. The third-order valence-corrected chi connectivity index (χ3v) is 4.76. The fourth-order valence-corrected chi connectivity index (χ4v) is 3.14. The van der Waals surface area contributed by atoms with Crippen molar-refractivity contribution in [3.63, 3.8) is 0 Å². The normalized spacial score (nSPS) is 24.3. The first-order chi connectivity index (χ1) is 13.6. The first-order valence-electron chi connectivity index (χ1n) is 9.76. The number of rotatable bonds is 3. The van der Waals surface area contributed by atoms with Crippen LogP contribution in [0.3, 0.4) is 0 Å². The minimum Gasteiger partial charge on any atom is -0.443 e. The summed E-state index contributed by atoms with van der Waals surface area (Å²) >= 11 is 0. The van der Waals surface area contributed by atoms with Crippen molar-refractivity contribution in [2.45, 2.75) is 77.7 Å². The van der Waals surface area contributed by atoms with Crippen LogP contribution in [0.5, 0.6) is 0 Å². The van der Waals surface area contributed by atoms with Crippen LogP contribution >= 0.6 is 0 Å². The van der Waals surface area contributed by atoms with Crippen LogP contribution in [0, 0.1) is 0 Å². The molecular formula is C22H31NO7. The molecule has 1 aliphatic rings. The average Bonchev–Trinajstić information content (AvgIpc) is 2.78. The monoisotopic (exact) mass is 421 g/mol. The van der Waals surface area contributed by atoms with E-state index in [1.54, 1.807) is 79.7 Å². The maximum absolute atomic E-state index is 12.9. The van der Waals surface area contributed by atoms with E-state index in [-0.39, 0.29) is 6.61 Å². The maximum Gasteiger partial charge on any atom is 0.508 e. The molecule has 1 saturated heterocycles. The van der Waals surface area contributed by atoms with Crippen molar-refractivity contribution < 1.29 is 33.3 Å². The van der Waals surface area contributed by atoms with Gasteiger partial charge < -0.3 is 18.9 Å². The number of imide groups is 1. The molecule has 2 amide bonds. The lowest BCUT2D eigenvalue weighted by molar-refractivity contribution is -0.0625. The summed E-state index contributed by atoms with van der Waals surface area (Å²) < 4.78 is 21.6. The zero-order valence-corrected chi connectivity index (χ0v) is 18.9. The van der Waals surface area contributed by atoms with Crippen LogP contribution < -0.4 is 0 Å². The molecule has 1 aromatic rings. The Balaban J connectivity index is 2.44. The van der Waals surface area contributed by atoms with Crippen molar-refractivity contribution in [2.24, 2.45) is 0 Å². The molecule has 2 atom stereocenters. The highest BCUT2D eigenvalue weighted by atomic mass is 16.7. The van der Waals surface area contributed by atoms with Gasteiger partial charge in [0, 0.05) is 0 Å². The fourth-order valence-electron chi connectivity index (χ4n) is 3.14. The summed E-state index contributed by atoms with van der Waals surface area (Å²) in [5, 5.41) is 0. The molecule has 0 unspecified atom stereocenters. The Hall–Kier alpha value is -2.77. The van der Waals surface area contributed by atoms with Crippen molar-refractivity contribution in [2.75, 3.05) is 6.61 Å². The van der Waals surface area contributed by atoms with Gasteiger partial charge in [-0.3, -0.25) is 0 Å². The van der Waals surface area contributed by atoms with E-state index in [0.717, 1.165) is 4.90 Å². The van der Waals surface area contributed by atoms with Crippen molar-refractivity contribution in [3.05, 3.63) is 35.9 Å². The molecule has 0 aliphatic carbocycles. The number of nitrogens with zero attached hydrogens (tertiary/aromatic N) is 1. The SMILES string of the molecule is CC(C)(C)OC(=O)OC[C@]1(C)N(C(=O)OC(C)(C)C)C(=O)O[C@]1(C)c1ccccc1. The smallest absolute Gasteiger partial charge is 0.443 e. The Bertz CT molecular complexity index is 809. The van der Waals surface area contributed by atoms with Crippen LogP contribution in [0.2, 0.25) is 0 Å². The van der Waals surface area contributed by atoms with E-state index in [9.17, 15) is 14.4 Å². The number of cyclic esters (lactones) is 1. The molecule has 1 aliphatic heterocycles. The molecule has 1 aromatic carbocycles. The number of carbonyl (C=O) groups is 3. The first kappa shape index (κ1) is 23.5. The van der Waals surface area contributed by atoms with Gasteiger partial charge in [0.1, 0.15) is 23.3 Å². The Kier molecular flexibility index (Phi) is 6.12. The number of hydrogen-bond acceptors (Lipinski definition) is 7. The Labute approximate surface area is 177 Å². The minimum absolute atomic E-state index is 0.349. The Morgan fingerprint density at radius 2 is 1.50 bits per heavy atom. The third-order valence-electron chi connectivity index (χ3n) is 4.76. The fraction of sp³-hybridized carbons (Fsp3) is 0.591. The van der Waals surface area contributed by atoms with Gasteiger partial charge in [0.2, 0.25) is 0 Å². The third kappa shape index (κ3) is 4.86. The summed E-state index contributed by atoms with van der Waals surface area (Å²) in [4.78, 5) is 38.8. The van der Waals surface area contributed by atoms with Crippen molar-refractivity contribution in [1.29, 1.82) is 0 Å². The summed E-state index contributed by atoms with van der Waals surface area (Å²) in [5.74, 6) is 0. The lowest BCUT2D eigenvalue weighted by Crippen LogP contribution is -2.59. The van der Waals surface area contributed by atoms with Gasteiger partial charge >= 0.3 is 18.3 Å². The molecule has 166 valence electrons. The maximum atomic E-state index is 12.9. The molecule has 30 heavy (non-hydrogen) atoms. The van der Waals surface area contributed by atoms with E-state index in [1.165, 1.54) is 0 Å². The van der Waals surface area contributed by atoms with Gasteiger partial charge in [-0.25, -0.2) is 14.4 Å². The Morgan fingerprint density at radius 1 is 0.967 bits per heavy atom. The van der Waals surface area contributed by atoms with Crippen LogP contribution in [-0.2, 0) is 24.5 Å². The van der Waals surface area contributed by atoms with E-state index >= 15 is 0 Å². The molecule has 1 heterocycles. The predicted octanol–water partition coefficient (Wildman–Crippen LogP) is 5.00. The highest BCUT2D eigenvalue weighted by Gasteiger charge is 2.64. The highest BCUT2D eigenvalue weighted by molar-refractivity contribution is 5.91. The van der Waals surface area contributed by atoms with Crippen LogP contribution in [0.15, 0.2) is 30.3 Å². The first-order valence-corrected chi connectivity index (χ1v) is 9.76. The van der Waals surface area contributed by atoms with Gasteiger partial charge in [-0.05, 0) is 61.0 Å². The summed E-state index contributed by atoms with van der Waals surface area (Å²) in [6.07, 6.45) is -2.68. The largest absolute Gasteiger partial charge is 0.508 e. The Morgan fingerprint density at radius 3 is 2.00 bits per heavy atom. The molecule has 8 heteroatoms.